The van der Waals surface area contributed by atoms with Gasteiger partial charge in [0, 0.05) is 23.5 Å². The minimum atomic E-state index is -0.148. The second-order valence-corrected chi connectivity index (χ2v) is 5.60. The second-order valence-electron chi connectivity index (χ2n) is 5.60. The van der Waals surface area contributed by atoms with Gasteiger partial charge >= 0.3 is 0 Å². The van der Waals surface area contributed by atoms with Crippen molar-refractivity contribution in [1.29, 1.82) is 0 Å². The molecule has 0 unspecified atom stereocenters. The monoisotopic (exact) mass is 288 g/mol. The number of H-pyrrole nitrogens is 1. The second kappa shape index (κ2) is 7.27. The summed E-state index contributed by atoms with van der Waals surface area (Å²) in [6.07, 6.45) is 4.05. The van der Waals surface area contributed by atoms with Crippen LogP contribution in [-0.4, -0.2) is 28.6 Å². The molecule has 114 valence electrons. The van der Waals surface area contributed by atoms with Gasteiger partial charge in [0.1, 0.15) is 0 Å². The van der Waals surface area contributed by atoms with Gasteiger partial charge in [0.15, 0.2) is 0 Å². The molecule has 0 aliphatic carbocycles. The number of aromatic nitrogens is 1. The van der Waals surface area contributed by atoms with E-state index in [2.05, 4.69) is 23.3 Å². The molecule has 21 heavy (non-hydrogen) atoms. The molecule has 0 aliphatic heterocycles. The van der Waals surface area contributed by atoms with Crippen LogP contribution in [0, 0.1) is 5.92 Å². The number of aryl methyl sites for hydroxylation is 1. The van der Waals surface area contributed by atoms with Crippen LogP contribution in [0.5, 0.6) is 0 Å². The fourth-order valence-electron chi connectivity index (χ4n) is 2.52. The molecule has 0 saturated heterocycles. The summed E-state index contributed by atoms with van der Waals surface area (Å²) in [4.78, 5) is 15.3. The van der Waals surface area contributed by atoms with Crippen molar-refractivity contribution in [2.45, 2.75) is 39.2 Å². The molecule has 0 saturated carbocycles. The maximum atomic E-state index is 12.0. The molecule has 4 heteroatoms. The Balaban J connectivity index is 1.92. The molecule has 2 rings (SSSR count). The first-order chi connectivity index (χ1) is 10.2. The number of hydrogen-bond acceptors (Lipinski definition) is 2. The number of para-hydroxylation sites is 1. The van der Waals surface area contributed by atoms with Crippen LogP contribution in [0.25, 0.3) is 10.9 Å². The number of nitrogens with one attached hydrogen (secondary N) is 2. The van der Waals surface area contributed by atoms with Crippen molar-refractivity contribution in [2.75, 3.05) is 6.61 Å². The van der Waals surface area contributed by atoms with Crippen LogP contribution in [0.3, 0.4) is 0 Å². The smallest absolute Gasteiger partial charge is 0.220 e. The van der Waals surface area contributed by atoms with Crippen molar-refractivity contribution in [3.8, 4) is 0 Å². The molecule has 0 spiro atoms. The van der Waals surface area contributed by atoms with E-state index >= 15 is 0 Å². The molecule has 0 aliphatic rings. The third kappa shape index (κ3) is 3.85. The molecule has 0 radical (unpaired) electrons. The van der Waals surface area contributed by atoms with Crippen LogP contribution in [0.4, 0.5) is 0 Å². The lowest BCUT2D eigenvalue weighted by atomic mass is 9.99. The predicted molar refractivity (Wildman–Crippen MR) is 85.1 cm³/mol. The van der Waals surface area contributed by atoms with Gasteiger partial charge in [-0.15, -0.1) is 0 Å². The lowest BCUT2D eigenvalue weighted by molar-refractivity contribution is -0.122. The third-order valence-electron chi connectivity index (χ3n) is 4.17. The van der Waals surface area contributed by atoms with E-state index in [9.17, 15) is 9.90 Å². The minimum absolute atomic E-state index is 0.000342. The molecule has 1 aromatic heterocycles. The van der Waals surface area contributed by atoms with E-state index in [0.29, 0.717) is 12.8 Å². The van der Waals surface area contributed by atoms with Crippen molar-refractivity contribution in [3.05, 3.63) is 36.0 Å². The van der Waals surface area contributed by atoms with Crippen molar-refractivity contribution >= 4 is 16.8 Å². The Kier molecular flexibility index (Phi) is 5.39. The zero-order chi connectivity index (χ0) is 15.2. The molecule has 0 fully saturated rings. The number of benzene rings is 1. The van der Waals surface area contributed by atoms with Gasteiger partial charge in [-0.05, 0) is 24.0 Å². The van der Waals surface area contributed by atoms with E-state index in [0.717, 1.165) is 17.5 Å². The van der Waals surface area contributed by atoms with Crippen molar-refractivity contribution < 1.29 is 9.90 Å². The summed E-state index contributed by atoms with van der Waals surface area (Å²) in [7, 11) is 0. The molecule has 0 bridgehead atoms. The zero-order valence-electron chi connectivity index (χ0n) is 12.7. The first kappa shape index (κ1) is 15.6. The summed E-state index contributed by atoms with van der Waals surface area (Å²) < 4.78 is 0. The number of amides is 1. The summed E-state index contributed by atoms with van der Waals surface area (Å²) in [5.41, 5.74) is 2.26. The summed E-state index contributed by atoms with van der Waals surface area (Å²) in [6, 6.07) is 7.95. The highest BCUT2D eigenvalue weighted by Crippen LogP contribution is 2.19. The fourth-order valence-corrected chi connectivity index (χ4v) is 2.52. The van der Waals surface area contributed by atoms with Crippen LogP contribution < -0.4 is 5.32 Å². The zero-order valence-corrected chi connectivity index (χ0v) is 12.7. The predicted octanol–water partition coefficient (Wildman–Crippen LogP) is 2.62. The summed E-state index contributed by atoms with van der Waals surface area (Å²) in [6.45, 7) is 4.10. The highest BCUT2D eigenvalue weighted by atomic mass is 16.3. The highest BCUT2D eigenvalue weighted by molar-refractivity contribution is 5.84. The molecule has 2 atom stereocenters. The van der Waals surface area contributed by atoms with Gasteiger partial charge in [-0.25, -0.2) is 0 Å². The number of carbonyl (C=O) groups excluding carboxylic acids is 1. The Hall–Kier alpha value is -1.81. The Labute approximate surface area is 125 Å². The van der Waals surface area contributed by atoms with E-state index < -0.39 is 0 Å². The topological polar surface area (TPSA) is 65.1 Å². The maximum absolute atomic E-state index is 12.0. The van der Waals surface area contributed by atoms with Crippen molar-refractivity contribution in [2.24, 2.45) is 5.92 Å². The summed E-state index contributed by atoms with van der Waals surface area (Å²) in [5, 5.41) is 13.5. The molecule has 4 nitrogen and oxygen atoms in total. The fraction of sp³-hybridized carbons (Fsp3) is 0.471. The third-order valence-corrected chi connectivity index (χ3v) is 4.17. The number of fused-ring (bicyclic) bond motifs is 1. The largest absolute Gasteiger partial charge is 0.394 e. The van der Waals surface area contributed by atoms with Crippen LogP contribution in [-0.2, 0) is 11.2 Å². The van der Waals surface area contributed by atoms with E-state index in [-0.39, 0.29) is 24.5 Å². The van der Waals surface area contributed by atoms with Crippen LogP contribution in [0.15, 0.2) is 30.5 Å². The number of aliphatic hydroxyl groups is 1. The first-order valence-corrected chi connectivity index (χ1v) is 7.61. The highest BCUT2D eigenvalue weighted by Gasteiger charge is 2.17. The Morgan fingerprint density at radius 1 is 1.38 bits per heavy atom. The normalized spacial score (nSPS) is 14.0. The average Bonchev–Trinajstić information content (AvgIpc) is 2.93. The maximum Gasteiger partial charge on any atom is 0.220 e. The summed E-state index contributed by atoms with van der Waals surface area (Å²) >= 11 is 0. The Morgan fingerprint density at radius 2 is 2.14 bits per heavy atom. The van der Waals surface area contributed by atoms with Gasteiger partial charge in [0.05, 0.1) is 12.6 Å². The van der Waals surface area contributed by atoms with Crippen molar-refractivity contribution in [3.63, 3.8) is 0 Å². The van der Waals surface area contributed by atoms with E-state index in [4.69, 9.17) is 0 Å². The molecule has 2 aromatic rings. The number of rotatable bonds is 7. The Morgan fingerprint density at radius 3 is 2.86 bits per heavy atom. The number of aliphatic hydroxyl groups excluding tert-OH is 1. The SMILES string of the molecule is CC[C@H](C)[C@@H](CO)NC(=O)CCc1c[nH]c2ccccc12. The summed E-state index contributed by atoms with van der Waals surface area (Å²) in [5.74, 6) is 0.284. The first-order valence-electron chi connectivity index (χ1n) is 7.61. The van der Waals surface area contributed by atoms with Gasteiger partial charge in [-0.1, -0.05) is 38.5 Å². The standard InChI is InChI=1S/C17H24N2O2/c1-3-12(2)16(11-20)19-17(21)9-8-13-10-18-15-7-5-4-6-14(13)15/h4-7,10,12,16,18,20H,3,8-9,11H2,1-2H3,(H,19,21)/t12-,16+/m0/s1. The average molecular weight is 288 g/mol. The van der Waals surface area contributed by atoms with E-state index in [1.165, 1.54) is 5.39 Å². The lowest BCUT2D eigenvalue weighted by Gasteiger charge is -2.22. The molecule has 1 heterocycles. The van der Waals surface area contributed by atoms with E-state index in [1.807, 2.05) is 31.3 Å². The quantitative estimate of drug-likeness (QED) is 0.733. The molecular formula is C17H24N2O2. The van der Waals surface area contributed by atoms with Crippen LogP contribution in [0.1, 0.15) is 32.3 Å². The molecule has 3 N–H and O–H groups in total. The Bertz CT molecular complexity index is 591. The van der Waals surface area contributed by atoms with Gasteiger partial charge in [-0.2, -0.15) is 0 Å². The number of aromatic amines is 1. The van der Waals surface area contributed by atoms with Gasteiger partial charge in [-0.3, -0.25) is 4.79 Å². The van der Waals surface area contributed by atoms with Gasteiger partial charge in [0.25, 0.3) is 0 Å². The van der Waals surface area contributed by atoms with E-state index in [1.54, 1.807) is 0 Å². The van der Waals surface area contributed by atoms with Crippen molar-refractivity contribution in [1.82, 2.24) is 10.3 Å². The number of carbonyl (C=O) groups is 1. The lowest BCUT2D eigenvalue weighted by Crippen LogP contribution is -2.41. The molecule has 1 aromatic carbocycles. The van der Waals surface area contributed by atoms with Gasteiger partial charge < -0.3 is 15.4 Å². The molecular weight excluding hydrogens is 264 g/mol. The number of hydrogen-bond donors (Lipinski definition) is 3. The molecule has 1 amide bonds. The van der Waals surface area contributed by atoms with Crippen LogP contribution in [0.2, 0.25) is 0 Å². The minimum Gasteiger partial charge on any atom is -0.394 e. The van der Waals surface area contributed by atoms with Gasteiger partial charge in [0.2, 0.25) is 5.91 Å². The van der Waals surface area contributed by atoms with Crippen LogP contribution >= 0.6 is 0 Å².